The third-order valence-electron chi connectivity index (χ3n) is 3.47. The van der Waals surface area contributed by atoms with Crippen LogP contribution in [-0.2, 0) is 11.2 Å². The van der Waals surface area contributed by atoms with Crippen molar-refractivity contribution in [2.45, 2.75) is 19.3 Å². The van der Waals surface area contributed by atoms with Crippen molar-refractivity contribution in [1.29, 1.82) is 0 Å². The molecule has 1 N–H and O–H groups in total. The molecule has 0 aliphatic carbocycles. The average molecular weight is 247 g/mol. The predicted octanol–water partition coefficient (Wildman–Crippen LogP) is 1.08. The van der Waals surface area contributed by atoms with Crippen LogP contribution in [0.2, 0.25) is 0 Å². The van der Waals surface area contributed by atoms with Crippen molar-refractivity contribution in [3.8, 4) is 0 Å². The number of pyridine rings is 1. The Kier molecular flexibility index (Phi) is 4.70. The van der Waals surface area contributed by atoms with Gasteiger partial charge in [-0.3, -0.25) is 9.78 Å². The zero-order valence-corrected chi connectivity index (χ0v) is 10.9. The standard InChI is InChI=1S/C14H21N3O/c1-17(11-13-6-8-16-10-13)14(18)5-4-12-3-2-7-15-9-12/h2-3,7,9,13,16H,4-6,8,10-11H2,1H3. The highest BCUT2D eigenvalue weighted by Gasteiger charge is 2.18. The molecule has 0 bridgehead atoms. The molecule has 2 rings (SSSR count). The minimum absolute atomic E-state index is 0.228. The molecule has 2 heterocycles. The molecule has 0 spiro atoms. The normalized spacial score (nSPS) is 18.8. The van der Waals surface area contributed by atoms with Crippen LogP contribution in [0.15, 0.2) is 24.5 Å². The molecule has 1 saturated heterocycles. The van der Waals surface area contributed by atoms with E-state index in [1.165, 1.54) is 6.42 Å². The van der Waals surface area contributed by atoms with E-state index < -0.39 is 0 Å². The maximum atomic E-state index is 12.0. The number of rotatable bonds is 5. The first-order chi connectivity index (χ1) is 8.75. The van der Waals surface area contributed by atoms with Crippen LogP contribution < -0.4 is 5.32 Å². The smallest absolute Gasteiger partial charge is 0.222 e. The van der Waals surface area contributed by atoms with Gasteiger partial charge in [-0.15, -0.1) is 0 Å². The van der Waals surface area contributed by atoms with Crippen molar-refractivity contribution >= 4 is 5.91 Å². The molecule has 0 aromatic carbocycles. The summed E-state index contributed by atoms with van der Waals surface area (Å²) in [6.07, 6.45) is 6.11. The first-order valence-corrected chi connectivity index (χ1v) is 6.59. The highest BCUT2D eigenvalue weighted by atomic mass is 16.2. The van der Waals surface area contributed by atoms with Crippen LogP contribution >= 0.6 is 0 Å². The maximum Gasteiger partial charge on any atom is 0.222 e. The molecule has 1 unspecified atom stereocenters. The average Bonchev–Trinajstić information content (AvgIpc) is 2.90. The van der Waals surface area contributed by atoms with E-state index in [0.717, 1.165) is 31.6 Å². The van der Waals surface area contributed by atoms with Crippen molar-refractivity contribution in [3.63, 3.8) is 0 Å². The highest BCUT2D eigenvalue weighted by molar-refractivity contribution is 5.76. The minimum atomic E-state index is 0.228. The van der Waals surface area contributed by atoms with E-state index in [4.69, 9.17) is 0 Å². The van der Waals surface area contributed by atoms with Crippen LogP contribution in [0, 0.1) is 5.92 Å². The fourth-order valence-corrected chi connectivity index (χ4v) is 2.35. The van der Waals surface area contributed by atoms with Gasteiger partial charge in [0.2, 0.25) is 5.91 Å². The molecule has 1 aliphatic heterocycles. The summed E-state index contributed by atoms with van der Waals surface area (Å²) in [5.41, 5.74) is 1.13. The molecular weight excluding hydrogens is 226 g/mol. The SMILES string of the molecule is CN(CC1CCNC1)C(=O)CCc1cccnc1. The van der Waals surface area contributed by atoms with E-state index >= 15 is 0 Å². The lowest BCUT2D eigenvalue weighted by Gasteiger charge is -2.20. The van der Waals surface area contributed by atoms with E-state index in [1.807, 2.05) is 30.3 Å². The summed E-state index contributed by atoms with van der Waals surface area (Å²) in [5.74, 6) is 0.850. The second-order valence-electron chi connectivity index (χ2n) is 4.99. The Morgan fingerprint density at radius 2 is 2.50 bits per heavy atom. The summed E-state index contributed by atoms with van der Waals surface area (Å²) in [6, 6.07) is 3.93. The topological polar surface area (TPSA) is 45.2 Å². The van der Waals surface area contributed by atoms with Crippen LogP contribution in [0.1, 0.15) is 18.4 Å². The molecule has 4 heteroatoms. The van der Waals surface area contributed by atoms with E-state index in [0.29, 0.717) is 12.3 Å². The number of hydrogen-bond donors (Lipinski definition) is 1. The van der Waals surface area contributed by atoms with Crippen LogP contribution in [-0.4, -0.2) is 42.5 Å². The fraction of sp³-hybridized carbons (Fsp3) is 0.571. The Morgan fingerprint density at radius 1 is 1.61 bits per heavy atom. The molecule has 1 aliphatic rings. The molecule has 1 atom stereocenters. The monoisotopic (exact) mass is 247 g/mol. The molecular formula is C14H21N3O. The zero-order chi connectivity index (χ0) is 12.8. The fourth-order valence-electron chi connectivity index (χ4n) is 2.35. The van der Waals surface area contributed by atoms with Gasteiger partial charge in [0.25, 0.3) is 0 Å². The molecule has 4 nitrogen and oxygen atoms in total. The van der Waals surface area contributed by atoms with Crippen LogP contribution in [0.4, 0.5) is 0 Å². The quantitative estimate of drug-likeness (QED) is 0.847. The minimum Gasteiger partial charge on any atom is -0.345 e. The third kappa shape index (κ3) is 3.81. The largest absolute Gasteiger partial charge is 0.345 e. The van der Waals surface area contributed by atoms with Crippen molar-refractivity contribution in [3.05, 3.63) is 30.1 Å². The molecule has 1 aromatic rings. The molecule has 18 heavy (non-hydrogen) atoms. The Balaban J connectivity index is 1.73. The van der Waals surface area contributed by atoms with Gasteiger partial charge in [-0.25, -0.2) is 0 Å². The van der Waals surface area contributed by atoms with Crippen LogP contribution in [0.5, 0.6) is 0 Å². The summed E-state index contributed by atoms with van der Waals surface area (Å²) in [5, 5.41) is 3.33. The summed E-state index contributed by atoms with van der Waals surface area (Å²) in [7, 11) is 1.91. The maximum absolute atomic E-state index is 12.0. The number of nitrogens with one attached hydrogen (secondary N) is 1. The van der Waals surface area contributed by atoms with Gasteiger partial charge in [0.15, 0.2) is 0 Å². The van der Waals surface area contributed by atoms with E-state index in [2.05, 4.69) is 10.3 Å². The van der Waals surface area contributed by atoms with E-state index in [1.54, 1.807) is 6.20 Å². The molecule has 1 amide bonds. The lowest BCUT2D eigenvalue weighted by Crippen LogP contribution is -2.32. The Labute approximate surface area is 108 Å². The molecule has 1 fully saturated rings. The number of carbonyl (C=O) groups excluding carboxylic acids is 1. The molecule has 0 saturated carbocycles. The number of amides is 1. The molecule has 0 radical (unpaired) electrons. The lowest BCUT2D eigenvalue weighted by molar-refractivity contribution is -0.130. The Morgan fingerprint density at radius 3 is 3.17 bits per heavy atom. The number of aromatic nitrogens is 1. The predicted molar refractivity (Wildman–Crippen MR) is 71.2 cm³/mol. The summed E-state index contributed by atoms with van der Waals surface area (Å²) in [6.45, 7) is 3.00. The summed E-state index contributed by atoms with van der Waals surface area (Å²) >= 11 is 0. The zero-order valence-electron chi connectivity index (χ0n) is 10.9. The van der Waals surface area contributed by atoms with Crippen LogP contribution in [0.3, 0.4) is 0 Å². The number of nitrogens with zero attached hydrogens (tertiary/aromatic N) is 2. The molecule has 1 aromatic heterocycles. The summed E-state index contributed by atoms with van der Waals surface area (Å²) in [4.78, 5) is 17.9. The van der Waals surface area contributed by atoms with Gasteiger partial charge in [-0.2, -0.15) is 0 Å². The second-order valence-corrected chi connectivity index (χ2v) is 4.99. The van der Waals surface area contributed by atoms with Crippen molar-refractivity contribution in [1.82, 2.24) is 15.2 Å². The van der Waals surface area contributed by atoms with Crippen molar-refractivity contribution in [2.75, 3.05) is 26.7 Å². The number of aryl methyl sites for hydroxylation is 1. The lowest BCUT2D eigenvalue weighted by atomic mass is 10.1. The second kappa shape index (κ2) is 6.50. The molecule has 98 valence electrons. The number of carbonyl (C=O) groups is 1. The van der Waals surface area contributed by atoms with Crippen molar-refractivity contribution < 1.29 is 4.79 Å². The third-order valence-corrected chi connectivity index (χ3v) is 3.47. The van der Waals surface area contributed by atoms with Crippen molar-refractivity contribution in [2.24, 2.45) is 5.92 Å². The van der Waals surface area contributed by atoms with Gasteiger partial charge in [0, 0.05) is 32.4 Å². The van der Waals surface area contributed by atoms with Gasteiger partial charge in [0.1, 0.15) is 0 Å². The number of hydrogen-bond acceptors (Lipinski definition) is 3. The van der Waals surface area contributed by atoms with E-state index in [9.17, 15) is 4.79 Å². The first kappa shape index (κ1) is 13.0. The van der Waals surface area contributed by atoms with Gasteiger partial charge in [-0.05, 0) is 43.5 Å². The summed E-state index contributed by atoms with van der Waals surface area (Å²) < 4.78 is 0. The highest BCUT2D eigenvalue weighted by Crippen LogP contribution is 2.10. The first-order valence-electron chi connectivity index (χ1n) is 6.59. The van der Waals surface area contributed by atoms with Gasteiger partial charge in [-0.1, -0.05) is 6.07 Å². The van der Waals surface area contributed by atoms with Gasteiger partial charge < -0.3 is 10.2 Å². The Bertz CT molecular complexity index is 374. The van der Waals surface area contributed by atoms with Crippen LogP contribution in [0.25, 0.3) is 0 Å². The van der Waals surface area contributed by atoms with Gasteiger partial charge >= 0.3 is 0 Å². The van der Waals surface area contributed by atoms with E-state index in [-0.39, 0.29) is 5.91 Å². The van der Waals surface area contributed by atoms with Gasteiger partial charge in [0.05, 0.1) is 0 Å². The Hall–Kier alpha value is -1.42.